The fourth-order valence-corrected chi connectivity index (χ4v) is 2.93. The Bertz CT molecular complexity index is 781. The molecule has 1 saturated heterocycles. The lowest BCUT2D eigenvalue weighted by atomic mass is 10.0. The smallest absolute Gasteiger partial charge is 0.268 e. The van der Waals surface area contributed by atoms with Crippen LogP contribution in [-0.4, -0.2) is 35.6 Å². The molecular formula is C19H19FN2O3. The third-order valence-electron chi connectivity index (χ3n) is 4.33. The first-order chi connectivity index (χ1) is 12.0. The first-order valence-corrected chi connectivity index (χ1v) is 8.13. The second-order valence-corrected chi connectivity index (χ2v) is 6.04. The second-order valence-electron chi connectivity index (χ2n) is 6.04. The van der Waals surface area contributed by atoms with Crippen LogP contribution >= 0.6 is 0 Å². The number of amides is 2. The molecule has 1 heterocycles. The van der Waals surface area contributed by atoms with Crippen LogP contribution in [0.2, 0.25) is 0 Å². The van der Waals surface area contributed by atoms with Gasteiger partial charge in [0.25, 0.3) is 11.8 Å². The Morgan fingerprint density at radius 2 is 1.96 bits per heavy atom. The molecule has 2 aromatic rings. The van der Waals surface area contributed by atoms with E-state index in [1.807, 2.05) is 6.07 Å². The molecule has 1 fully saturated rings. The van der Waals surface area contributed by atoms with Gasteiger partial charge < -0.3 is 15.3 Å². The van der Waals surface area contributed by atoms with Gasteiger partial charge in [-0.1, -0.05) is 30.3 Å². The number of carbonyl (C=O) groups excluding carboxylic acids is 2. The van der Waals surface area contributed by atoms with Crippen molar-refractivity contribution < 1.29 is 19.1 Å². The fraction of sp³-hybridized carbons (Fsp3) is 0.263. The fourth-order valence-electron chi connectivity index (χ4n) is 2.93. The Kier molecular flexibility index (Phi) is 4.81. The number of halogens is 1. The van der Waals surface area contributed by atoms with Crippen LogP contribution in [-0.2, 0) is 16.0 Å². The quantitative estimate of drug-likeness (QED) is 0.812. The summed E-state index contributed by atoms with van der Waals surface area (Å²) >= 11 is 0. The highest BCUT2D eigenvalue weighted by atomic mass is 19.1. The number of anilines is 1. The first-order valence-electron chi connectivity index (χ1n) is 8.13. The van der Waals surface area contributed by atoms with Crippen molar-refractivity contribution in [2.45, 2.75) is 18.4 Å². The molecule has 2 amide bonds. The largest absolute Gasteiger partial charge is 0.372 e. The Morgan fingerprint density at radius 1 is 1.20 bits per heavy atom. The van der Waals surface area contributed by atoms with Gasteiger partial charge in [0.1, 0.15) is 5.82 Å². The Hall–Kier alpha value is -2.73. The van der Waals surface area contributed by atoms with Crippen molar-refractivity contribution in [2.75, 3.05) is 18.0 Å². The van der Waals surface area contributed by atoms with Crippen LogP contribution in [0.1, 0.15) is 12.0 Å². The molecule has 1 aliphatic rings. The molecule has 130 valence electrons. The van der Waals surface area contributed by atoms with Gasteiger partial charge in [0, 0.05) is 25.2 Å². The van der Waals surface area contributed by atoms with Crippen LogP contribution in [0.15, 0.2) is 54.6 Å². The summed E-state index contributed by atoms with van der Waals surface area (Å²) in [5.74, 6) is -1.68. The van der Waals surface area contributed by atoms with Gasteiger partial charge in [-0.2, -0.15) is 0 Å². The van der Waals surface area contributed by atoms with Crippen molar-refractivity contribution in [1.82, 2.24) is 5.32 Å². The van der Waals surface area contributed by atoms with E-state index in [9.17, 15) is 19.1 Å². The summed E-state index contributed by atoms with van der Waals surface area (Å²) in [6.45, 7) is 0.486. The number of aliphatic hydroxyl groups is 1. The number of benzene rings is 2. The van der Waals surface area contributed by atoms with E-state index in [1.165, 1.54) is 17.0 Å². The SMILES string of the molecule is O=C(NCCc1cccc(F)c1)[C@@]1(O)CCN(c2ccccc2)C1=O. The van der Waals surface area contributed by atoms with Gasteiger partial charge in [-0.05, 0) is 36.2 Å². The van der Waals surface area contributed by atoms with Crippen LogP contribution in [0, 0.1) is 5.82 Å². The van der Waals surface area contributed by atoms with Crippen molar-refractivity contribution >= 4 is 17.5 Å². The molecule has 2 aromatic carbocycles. The molecule has 0 radical (unpaired) electrons. The van der Waals surface area contributed by atoms with Gasteiger partial charge in [-0.25, -0.2) is 4.39 Å². The minimum absolute atomic E-state index is 0.0343. The van der Waals surface area contributed by atoms with Gasteiger partial charge in [0.15, 0.2) is 0 Å². The zero-order valence-corrected chi connectivity index (χ0v) is 13.6. The molecule has 0 aromatic heterocycles. The van der Waals surface area contributed by atoms with E-state index < -0.39 is 17.4 Å². The summed E-state index contributed by atoms with van der Waals surface area (Å²) in [6, 6.07) is 15.0. The molecule has 3 rings (SSSR count). The summed E-state index contributed by atoms with van der Waals surface area (Å²) < 4.78 is 13.1. The van der Waals surface area contributed by atoms with E-state index in [-0.39, 0.29) is 25.3 Å². The summed E-state index contributed by atoms with van der Waals surface area (Å²) in [6.07, 6.45) is 0.447. The van der Waals surface area contributed by atoms with Gasteiger partial charge >= 0.3 is 0 Å². The molecule has 5 nitrogen and oxygen atoms in total. The predicted molar refractivity (Wildman–Crippen MR) is 91.5 cm³/mol. The Labute approximate surface area is 145 Å². The molecule has 0 unspecified atom stereocenters. The lowest BCUT2D eigenvalue weighted by molar-refractivity contribution is -0.149. The van der Waals surface area contributed by atoms with E-state index in [0.29, 0.717) is 12.1 Å². The molecule has 6 heteroatoms. The molecule has 0 saturated carbocycles. The van der Waals surface area contributed by atoms with E-state index >= 15 is 0 Å². The van der Waals surface area contributed by atoms with Crippen molar-refractivity contribution in [3.8, 4) is 0 Å². The maximum Gasteiger partial charge on any atom is 0.268 e. The van der Waals surface area contributed by atoms with Crippen LogP contribution in [0.25, 0.3) is 0 Å². The minimum Gasteiger partial charge on any atom is -0.372 e. The highest BCUT2D eigenvalue weighted by molar-refractivity contribution is 6.16. The number of nitrogens with one attached hydrogen (secondary N) is 1. The first kappa shape index (κ1) is 17.1. The van der Waals surface area contributed by atoms with Crippen LogP contribution in [0.5, 0.6) is 0 Å². The Morgan fingerprint density at radius 3 is 2.68 bits per heavy atom. The molecule has 2 N–H and O–H groups in total. The van der Waals surface area contributed by atoms with Crippen molar-refractivity contribution in [1.29, 1.82) is 0 Å². The minimum atomic E-state index is -2.06. The summed E-state index contributed by atoms with van der Waals surface area (Å²) in [5, 5.41) is 13.1. The third-order valence-corrected chi connectivity index (χ3v) is 4.33. The molecular weight excluding hydrogens is 323 g/mol. The monoisotopic (exact) mass is 342 g/mol. The predicted octanol–water partition coefficient (Wildman–Crippen LogP) is 1.65. The van der Waals surface area contributed by atoms with Crippen LogP contribution < -0.4 is 10.2 Å². The lowest BCUT2D eigenvalue weighted by Gasteiger charge is -2.21. The van der Waals surface area contributed by atoms with Crippen molar-refractivity contribution in [3.63, 3.8) is 0 Å². The number of hydrogen-bond donors (Lipinski definition) is 2. The Balaban J connectivity index is 1.61. The summed E-state index contributed by atoms with van der Waals surface area (Å²) in [4.78, 5) is 26.3. The van der Waals surface area contributed by atoms with Crippen LogP contribution in [0.4, 0.5) is 10.1 Å². The molecule has 1 atom stereocenters. The molecule has 1 aliphatic heterocycles. The topological polar surface area (TPSA) is 69.6 Å². The van der Waals surface area contributed by atoms with Gasteiger partial charge in [-0.15, -0.1) is 0 Å². The van der Waals surface area contributed by atoms with Crippen LogP contribution in [0.3, 0.4) is 0 Å². The van der Waals surface area contributed by atoms with Gasteiger partial charge in [0.05, 0.1) is 0 Å². The standard InChI is InChI=1S/C19H19FN2O3/c20-15-6-4-5-14(13-15)9-11-21-17(23)19(25)10-12-22(18(19)24)16-7-2-1-3-8-16/h1-8,13,25H,9-12H2,(H,21,23)/t19-/m0/s1. The average molecular weight is 342 g/mol. The zero-order chi connectivity index (χ0) is 17.9. The van der Waals surface area contributed by atoms with Crippen molar-refractivity contribution in [2.24, 2.45) is 0 Å². The van der Waals surface area contributed by atoms with E-state index in [2.05, 4.69) is 5.32 Å². The summed E-state index contributed by atoms with van der Waals surface area (Å²) in [5.41, 5.74) is -0.676. The lowest BCUT2D eigenvalue weighted by Crippen LogP contribution is -2.52. The van der Waals surface area contributed by atoms with Gasteiger partial charge in [0.2, 0.25) is 5.60 Å². The van der Waals surface area contributed by atoms with Crippen molar-refractivity contribution in [3.05, 3.63) is 66.0 Å². The maximum absolute atomic E-state index is 13.1. The zero-order valence-electron chi connectivity index (χ0n) is 13.6. The number of nitrogens with zero attached hydrogens (tertiary/aromatic N) is 1. The highest BCUT2D eigenvalue weighted by Crippen LogP contribution is 2.28. The number of hydrogen-bond acceptors (Lipinski definition) is 3. The highest BCUT2D eigenvalue weighted by Gasteiger charge is 2.51. The van der Waals surface area contributed by atoms with E-state index in [0.717, 1.165) is 5.56 Å². The molecule has 0 bridgehead atoms. The number of carbonyl (C=O) groups is 2. The summed E-state index contributed by atoms with van der Waals surface area (Å²) in [7, 11) is 0. The maximum atomic E-state index is 13.1. The normalized spacial score (nSPS) is 19.9. The molecule has 0 aliphatic carbocycles. The second kappa shape index (κ2) is 7.03. The average Bonchev–Trinajstić information content (AvgIpc) is 2.92. The molecule has 25 heavy (non-hydrogen) atoms. The molecule has 0 spiro atoms. The van der Waals surface area contributed by atoms with E-state index in [1.54, 1.807) is 36.4 Å². The third kappa shape index (κ3) is 3.53. The van der Waals surface area contributed by atoms with E-state index in [4.69, 9.17) is 0 Å². The number of para-hydroxylation sites is 1. The number of rotatable bonds is 5. The van der Waals surface area contributed by atoms with Gasteiger partial charge in [-0.3, -0.25) is 9.59 Å².